The van der Waals surface area contributed by atoms with E-state index in [2.05, 4.69) is 29.6 Å². The van der Waals surface area contributed by atoms with Gasteiger partial charge in [0.15, 0.2) is 0 Å². The first-order valence-electron chi connectivity index (χ1n) is 7.90. The van der Waals surface area contributed by atoms with Gasteiger partial charge in [0.25, 0.3) is 0 Å². The zero-order valence-electron chi connectivity index (χ0n) is 13.2. The second kappa shape index (κ2) is 7.55. The molecule has 4 heteroatoms. The lowest BCUT2D eigenvalue weighted by Gasteiger charge is -2.26. The summed E-state index contributed by atoms with van der Waals surface area (Å²) in [5, 5.41) is 3.18. The normalized spacial score (nSPS) is 16.5. The number of fused-ring (bicyclic) bond motifs is 1. The fourth-order valence-corrected chi connectivity index (χ4v) is 3.67. The zero-order chi connectivity index (χ0) is 16.1. The number of ether oxygens (including phenoxy) is 1. The number of thioether (sulfide) groups is 1. The topological polar surface area (TPSA) is 38.3 Å². The van der Waals surface area contributed by atoms with Crippen molar-refractivity contribution in [2.45, 2.75) is 30.2 Å². The van der Waals surface area contributed by atoms with Crippen LogP contribution in [0.15, 0.2) is 53.4 Å². The standard InChI is InChI=1S/C19H21NO2S/c1-22-15-9-11-16(12-10-15)23-13-19(21)20-18-8-4-6-14-5-2-3-7-17(14)18/h2-3,5,7,9-12,18H,4,6,8,13H2,1H3,(H,20,21). The van der Waals surface area contributed by atoms with E-state index in [4.69, 9.17) is 4.74 Å². The van der Waals surface area contributed by atoms with Gasteiger partial charge in [-0.25, -0.2) is 0 Å². The van der Waals surface area contributed by atoms with E-state index in [-0.39, 0.29) is 11.9 Å². The SMILES string of the molecule is COc1ccc(SCC(=O)NC2CCCc3ccccc32)cc1. The predicted octanol–water partition coefficient (Wildman–Crippen LogP) is 3.98. The van der Waals surface area contributed by atoms with E-state index in [1.165, 1.54) is 11.1 Å². The minimum atomic E-state index is 0.0903. The minimum Gasteiger partial charge on any atom is -0.497 e. The summed E-state index contributed by atoms with van der Waals surface area (Å²) in [6.45, 7) is 0. The molecule has 0 spiro atoms. The molecule has 2 aromatic carbocycles. The number of rotatable bonds is 5. The van der Waals surface area contributed by atoms with Crippen LogP contribution in [0.4, 0.5) is 0 Å². The summed E-state index contributed by atoms with van der Waals surface area (Å²) < 4.78 is 5.14. The molecular weight excluding hydrogens is 306 g/mol. The number of hydrogen-bond donors (Lipinski definition) is 1. The Morgan fingerprint density at radius 1 is 1.22 bits per heavy atom. The van der Waals surface area contributed by atoms with Crippen molar-refractivity contribution in [2.75, 3.05) is 12.9 Å². The molecule has 1 aliphatic carbocycles. The molecule has 0 bridgehead atoms. The Balaban J connectivity index is 1.55. The second-order valence-corrected chi connectivity index (χ2v) is 6.72. The van der Waals surface area contributed by atoms with Gasteiger partial charge in [-0.3, -0.25) is 4.79 Å². The van der Waals surface area contributed by atoms with Crippen molar-refractivity contribution in [3.05, 3.63) is 59.7 Å². The summed E-state index contributed by atoms with van der Waals surface area (Å²) >= 11 is 1.55. The number of benzene rings is 2. The number of aryl methyl sites for hydroxylation is 1. The Morgan fingerprint density at radius 2 is 2.00 bits per heavy atom. The molecule has 2 aromatic rings. The first kappa shape index (κ1) is 15.9. The Kier molecular flexibility index (Phi) is 5.23. The van der Waals surface area contributed by atoms with Gasteiger partial charge in [0.2, 0.25) is 5.91 Å². The molecular formula is C19H21NO2S. The number of methoxy groups -OCH3 is 1. The molecule has 1 amide bonds. The average molecular weight is 327 g/mol. The molecule has 1 atom stereocenters. The third kappa shape index (κ3) is 4.08. The van der Waals surface area contributed by atoms with Crippen LogP contribution in [-0.2, 0) is 11.2 Å². The van der Waals surface area contributed by atoms with Crippen LogP contribution in [0, 0.1) is 0 Å². The summed E-state index contributed by atoms with van der Waals surface area (Å²) in [6, 6.07) is 16.4. The average Bonchev–Trinajstić information content (AvgIpc) is 2.61. The Bertz CT molecular complexity index is 669. The van der Waals surface area contributed by atoms with Crippen LogP contribution in [0.25, 0.3) is 0 Å². The van der Waals surface area contributed by atoms with Gasteiger partial charge in [-0.1, -0.05) is 24.3 Å². The third-order valence-corrected chi connectivity index (χ3v) is 5.15. The van der Waals surface area contributed by atoms with E-state index in [0.29, 0.717) is 5.75 Å². The van der Waals surface area contributed by atoms with E-state index < -0.39 is 0 Å². The summed E-state index contributed by atoms with van der Waals surface area (Å²) in [5.41, 5.74) is 2.65. The zero-order valence-corrected chi connectivity index (χ0v) is 14.1. The van der Waals surface area contributed by atoms with Crippen LogP contribution in [-0.4, -0.2) is 18.8 Å². The molecule has 3 nitrogen and oxygen atoms in total. The van der Waals surface area contributed by atoms with Crippen molar-refractivity contribution in [3.8, 4) is 5.75 Å². The fourth-order valence-electron chi connectivity index (χ4n) is 2.96. The van der Waals surface area contributed by atoms with Gasteiger partial charge in [-0.2, -0.15) is 0 Å². The number of carbonyl (C=O) groups excluding carboxylic acids is 1. The number of amides is 1. The lowest BCUT2D eigenvalue weighted by Crippen LogP contribution is -2.32. The van der Waals surface area contributed by atoms with Crippen molar-refractivity contribution in [3.63, 3.8) is 0 Å². The molecule has 1 unspecified atom stereocenters. The van der Waals surface area contributed by atoms with Gasteiger partial charge in [0, 0.05) is 4.90 Å². The quantitative estimate of drug-likeness (QED) is 0.844. The molecule has 0 saturated carbocycles. The highest BCUT2D eigenvalue weighted by molar-refractivity contribution is 8.00. The second-order valence-electron chi connectivity index (χ2n) is 5.68. The highest BCUT2D eigenvalue weighted by Crippen LogP contribution is 2.29. The molecule has 0 fully saturated rings. The summed E-state index contributed by atoms with van der Waals surface area (Å²) in [7, 11) is 1.65. The van der Waals surface area contributed by atoms with E-state index in [9.17, 15) is 4.79 Å². The first-order chi connectivity index (χ1) is 11.3. The monoisotopic (exact) mass is 327 g/mol. The van der Waals surface area contributed by atoms with E-state index in [1.54, 1.807) is 18.9 Å². The van der Waals surface area contributed by atoms with Crippen LogP contribution in [0.3, 0.4) is 0 Å². The summed E-state index contributed by atoms with van der Waals surface area (Å²) in [5.74, 6) is 1.36. The van der Waals surface area contributed by atoms with Crippen molar-refractivity contribution in [2.24, 2.45) is 0 Å². The van der Waals surface area contributed by atoms with Crippen LogP contribution in [0.1, 0.15) is 30.0 Å². The maximum Gasteiger partial charge on any atom is 0.230 e. The van der Waals surface area contributed by atoms with Crippen molar-refractivity contribution in [1.82, 2.24) is 5.32 Å². The maximum absolute atomic E-state index is 12.3. The van der Waals surface area contributed by atoms with Crippen LogP contribution in [0.2, 0.25) is 0 Å². The Labute approximate surface area is 141 Å². The van der Waals surface area contributed by atoms with Crippen LogP contribution in [0.5, 0.6) is 5.75 Å². The predicted molar refractivity (Wildman–Crippen MR) is 94.0 cm³/mol. The Morgan fingerprint density at radius 3 is 2.78 bits per heavy atom. The molecule has 0 radical (unpaired) electrons. The molecule has 0 aromatic heterocycles. The molecule has 3 rings (SSSR count). The molecule has 0 heterocycles. The highest BCUT2D eigenvalue weighted by atomic mass is 32.2. The molecule has 0 saturated heterocycles. The van der Waals surface area contributed by atoms with E-state index in [0.717, 1.165) is 29.9 Å². The lowest BCUT2D eigenvalue weighted by atomic mass is 9.88. The highest BCUT2D eigenvalue weighted by Gasteiger charge is 2.21. The smallest absolute Gasteiger partial charge is 0.230 e. The van der Waals surface area contributed by atoms with E-state index in [1.807, 2.05) is 24.3 Å². The lowest BCUT2D eigenvalue weighted by molar-refractivity contribution is -0.119. The van der Waals surface area contributed by atoms with Gasteiger partial charge in [-0.15, -0.1) is 11.8 Å². The number of hydrogen-bond acceptors (Lipinski definition) is 3. The minimum absolute atomic E-state index is 0.0903. The van der Waals surface area contributed by atoms with Crippen LogP contribution < -0.4 is 10.1 Å². The van der Waals surface area contributed by atoms with Crippen molar-refractivity contribution >= 4 is 17.7 Å². The molecule has 1 N–H and O–H groups in total. The maximum atomic E-state index is 12.3. The van der Waals surface area contributed by atoms with Crippen molar-refractivity contribution in [1.29, 1.82) is 0 Å². The molecule has 1 aliphatic rings. The Hall–Kier alpha value is -1.94. The molecule has 0 aliphatic heterocycles. The van der Waals surface area contributed by atoms with Gasteiger partial charge in [-0.05, 0) is 54.7 Å². The largest absolute Gasteiger partial charge is 0.497 e. The van der Waals surface area contributed by atoms with Crippen molar-refractivity contribution < 1.29 is 9.53 Å². The summed E-state index contributed by atoms with van der Waals surface area (Å²) in [6.07, 6.45) is 3.27. The third-order valence-electron chi connectivity index (χ3n) is 4.13. The van der Waals surface area contributed by atoms with Gasteiger partial charge >= 0.3 is 0 Å². The molecule has 120 valence electrons. The first-order valence-corrected chi connectivity index (χ1v) is 8.89. The molecule has 23 heavy (non-hydrogen) atoms. The van der Waals surface area contributed by atoms with Gasteiger partial charge in [0.05, 0.1) is 18.9 Å². The van der Waals surface area contributed by atoms with E-state index >= 15 is 0 Å². The summed E-state index contributed by atoms with van der Waals surface area (Å²) in [4.78, 5) is 13.3. The van der Waals surface area contributed by atoms with Gasteiger partial charge < -0.3 is 10.1 Å². The van der Waals surface area contributed by atoms with Gasteiger partial charge in [0.1, 0.15) is 5.75 Å². The van der Waals surface area contributed by atoms with Crippen LogP contribution >= 0.6 is 11.8 Å². The number of carbonyl (C=O) groups is 1. The number of nitrogens with one attached hydrogen (secondary N) is 1. The fraction of sp³-hybridized carbons (Fsp3) is 0.316.